The van der Waals surface area contributed by atoms with Gasteiger partial charge in [-0.25, -0.2) is 9.78 Å². The van der Waals surface area contributed by atoms with Gasteiger partial charge in [-0.1, -0.05) is 6.07 Å². The fraction of sp³-hybridized carbons (Fsp3) is 0.0909. The van der Waals surface area contributed by atoms with E-state index in [9.17, 15) is 22.8 Å². The molecule has 0 unspecified atom stereocenters. The first-order valence-corrected chi connectivity index (χ1v) is 9.89. The van der Waals surface area contributed by atoms with E-state index in [1.165, 1.54) is 49.4 Å². The summed E-state index contributed by atoms with van der Waals surface area (Å²) in [6.07, 6.45) is -2.07. The number of nitriles is 1. The Morgan fingerprint density at radius 1 is 1.19 bits per heavy atom. The molecule has 0 aliphatic heterocycles. The minimum Gasteiger partial charge on any atom is -0.423 e. The summed E-state index contributed by atoms with van der Waals surface area (Å²) in [5.41, 5.74) is -0.118. The first-order chi connectivity index (χ1) is 15.2. The van der Waals surface area contributed by atoms with Crippen molar-refractivity contribution in [1.29, 1.82) is 5.26 Å². The third kappa shape index (κ3) is 5.59. The zero-order chi connectivity index (χ0) is 23.3. The lowest BCUT2D eigenvalue weighted by Crippen LogP contribution is -2.23. The van der Waals surface area contributed by atoms with Gasteiger partial charge in [0.25, 0.3) is 0 Å². The predicted molar refractivity (Wildman–Crippen MR) is 112 cm³/mol. The van der Waals surface area contributed by atoms with Gasteiger partial charge >= 0.3 is 12.1 Å². The van der Waals surface area contributed by atoms with Crippen LogP contribution in [0, 0.1) is 11.3 Å². The zero-order valence-electron chi connectivity index (χ0n) is 16.5. The average Bonchev–Trinajstić information content (AvgIpc) is 3.21. The van der Waals surface area contributed by atoms with E-state index in [-0.39, 0.29) is 16.6 Å². The number of rotatable bonds is 5. The number of aromatic nitrogens is 1. The summed E-state index contributed by atoms with van der Waals surface area (Å²) in [5, 5.41) is 10.5. The van der Waals surface area contributed by atoms with Crippen LogP contribution in [0.15, 0.2) is 60.0 Å². The summed E-state index contributed by atoms with van der Waals surface area (Å²) in [6, 6.07) is 12.3. The number of hydrogen-bond acceptors (Lipinski definition) is 6. The Labute approximate surface area is 184 Å². The highest BCUT2D eigenvalue weighted by atomic mass is 32.1. The van der Waals surface area contributed by atoms with Crippen molar-refractivity contribution in [3.8, 4) is 11.8 Å². The van der Waals surface area contributed by atoms with Crippen LogP contribution < -0.4 is 9.64 Å². The van der Waals surface area contributed by atoms with Crippen LogP contribution in [0.5, 0.6) is 5.75 Å². The number of thiazole rings is 1. The maximum absolute atomic E-state index is 13.0. The van der Waals surface area contributed by atoms with Gasteiger partial charge in [-0.2, -0.15) is 18.4 Å². The number of ether oxygens (including phenoxy) is 1. The van der Waals surface area contributed by atoms with E-state index < -0.39 is 23.6 Å². The van der Waals surface area contributed by atoms with Crippen LogP contribution in [0.25, 0.3) is 6.08 Å². The van der Waals surface area contributed by atoms with E-state index in [1.54, 1.807) is 5.38 Å². The predicted octanol–water partition coefficient (Wildman–Crippen LogP) is 5.34. The first kappa shape index (κ1) is 22.7. The molecular formula is C22H14F3N3O3S. The molecule has 0 bridgehead atoms. The smallest absolute Gasteiger partial charge is 0.416 e. The number of benzene rings is 2. The molecule has 0 fully saturated rings. The van der Waals surface area contributed by atoms with Crippen molar-refractivity contribution in [1.82, 2.24) is 4.98 Å². The van der Waals surface area contributed by atoms with Gasteiger partial charge in [-0.05, 0) is 48.5 Å². The second-order valence-electron chi connectivity index (χ2n) is 6.35. The maximum atomic E-state index is 13.0. The number of alkyl halides is 3. The Kier molecular flexibility index (Phi) is 6.70. The molecule has 1 amide bonds. The van der Waals surface area contributed by atoms with E-state index in [1.807, 2.05) is 6.07 Å². The van der Waals surface area contributed by atoms with E-state index in [0.29, 0.717) is 11.3 Å². The van der Waals surface area contributed by atoms with Crippen LogP contribution in [-0.2, 0) is 15.8 Å². The molecule has 0 aliphatic carbocycles. The van der Waals surface area contributed by atoms with Gasteiger partial charge in [0, 0.05) is 18.4 Å². The zero-order valence-corrected chi connectivity index (χ0v) is 17.3. The van der Waals surface area contributed by atoms with Crippen molar-refractivity contribution < 1.29 is 27.5 Å². The third-order valence-electron chi connectivity index (χ3n) is 4.04. The molecule has 0 atom stereocenters. The summed E-state index contributed by atoms with van der Waals surface area (Å²) in [4.78, 5) is 29.4. The summed E-state index contributed by atoms with van der Waals surface area (Å²) in [7, 11) is 0. The summed E-state index contributed by atoms with van der Waals surface area (Å²) in [5.74, 6) is -0.954. The van der Waals surface area contributed by atoms with Crippen molar-refractivity contribution in [2.75, 3.05) is 4.90 Å². The van der Waals surface area contributed by atoms with Gasteiger partial charge in [-0.3, -0.25) is 9.69 Å². The second-order valence-corrected chi connectivity index (χ2v) is 7.18. The Balaban J connectivity index is 1.76. The molecule has 32 heavy (non-hydrogen) atoms. The van der Waals surface area contributed by atoms with Gasteiger partial charge in [0.1, 0.15) is 5.75 Å². The molecule has 10 heteroatoms. The number of anilines is 2. The fourth-order valence-electron chi connectivity index (χ4n) is 2.60. The van der Waals surface area contributed by atoms with Crippen LogP contribution >= 0.6 is 11.3 Å². The molecule has 0 saturated carbocycles. The molecule has 6 nitrogen and oxygen atoms in total. The quantitative estimate of drug-likeness (QED) is 0.294. The second kappa shape index (κ2) is 9.45. The lowest BCUT2D eigenvalue weighted by molar-refractivity contribution is -0.137. The standard InChI is InChI=1S/C22H14F3N3O3S/c1-14(29)28(18-4-2-3-16(11-18)22(23,24)25)21-27-17(13-32-21)7-10-20(30)31-19-8-5-15(12-26)6-9-19/h2-11,13H,1H3/b10-7+. The Hall–Kier alpha value is -3.97. The number of amides is 1. The highest BCUT2D eigenvalue weighted by Gasteiger charge is 2.31. The topological polar surface area (TPSA) is 83.3 Å². The minimum atomic E-state index is -4.55. The van der Waals surface area contributed by atoms with Gasteiger partial charge in [-0.15, -0.1) is 11.3 Å². The van der Waals surface area contributed by atoms with Gasteiger partial charge in [0.2, 0.25) is 5.91 Å². The molecule has 1 heterocycles. The number of hydrogen-bond donors (Lipinski definition) is 0. The van der Waals surface area contributed by atoms with Crippen molar-refractivity contribution in [2.45, 2.75) is 13.1 Å². The monoisotopic (exact) mass is 457 g/mol. The molecule has 3 rings (SSSR count). The highest BCUT2D eigenvalue weighted by Crippen LogP contribution is 2.35. The fourth-order valence-corrected chi connectivity index (χ4v) is 3.46. The largest absolute Gasteiger partial charge is 0.423 e. The number of carbonyl (C=O) groups is 2. The van der Waals surface area contributed by atoms with Crippen molar-refractivity contribution in [3.63, 3.8) is 0 Å². The van der Waals surface area contributed by atoms with E-state index in [2.05, 4.69) is 4.98 Å². The Morgan fingerprint density at radius 3 is 2.53 bits per heavy atom. The molecule has 1 aromatic heterocycles. The van der Waals surface area contributed by atoms with Crippen LogP contribution in [0.4, 0.5) is 24.0 Å². The van der Waals surface area contributed by atoms with Crippen LogP contribution in [-0.4, -0.2) is 16.9 Å². The summed E-state index contributed by atoms with van der Waals surface area (Å²) < 4.78 is 44.2. The van der Waals surface area contributed by atoms with Crippen molar-refractivity contribution in [3.05, 3.63) is 76.8 Å². The molecule has 0 spiro atoms. The molecular weight excluding hydrogens is 443 g/mol. The van der Waals surface area contributed by atoms with Crippen molar-refractivity contribution in [2.24, 2.45) is 0 Å². The lowest BCUT2D eigenvalue weighted by atomic mass is 10.2. The van der Waals surface area contributed by atoms with Gasteiger partial charge in [0.15, 0.2) is 5.13 Å². The molecule has 0 N–H and O–H groups in total. The normalized spacial score (nSPS) is 11.2. The Morgan fingerprint density at radius 2 is 1.91 bits per heavy atom. The molecule has 2 aromatic carbocycles. The number of halogens is 3. The van der Waals surface area contributed by atoms with E-state index in [0.717, 1.165) is 34.4 Å². The molecule has 0 radical (unpaired) electrons. The molecule has 162 valence electrons. The number of carbonyl (C=O) groups excluding carboxylic acids is 2. The SMILES string of the molecule is CC(=O)N(c1cccc(C(F)(F)F)c1)c1nc(/C=C/C(=O)Oc2ccc(C#N)cc2)cs1. The highest BCUT2D eigenvalue weighted by molar-refractivity contribution is 7.14. The first-order valence-electron chi connectivity index (χ1n) is 9.01. The van der Waals surface area contributed by atoms with E-state index >= 15 is 0 Å². The third-order valence-corrected chi connectivity index (χ3v) is 4.88. The lowest BCUT2D eigenvalue weighted by Gasteiger charge is -2.19. The van der Waals surface area contributed by atoms with Crippen LogP contribution in [0.2, 0.25) is 0 Å². The van der Waals surface area contributed by atoms with Gasteiger partial charge < -0.3 is 4.74 Å². The maximum Gasteiger partial charge on any atom is 0.416 e. The number of nitrogens with zero attached hydrogens (tertiary/aromatic N) is 3. The summed E-state index contributed by atoms with van der Waals surface area (Å²) >= 11 is 1.03. The van der Waals surface area contributed by atoms with Crippen molar-refractivity contribution >= 4 is 40.1 Å². The summed E-state index contributed by atoms with van der Waals surface area (Å²) in [6.45, 7) is 1.21. The molecule has 0 aliphatic rings. The minimum absolute atomic E-state index is 0.0254. The van der Waals surface area contributed by atoms with Gasteiger partial charge in [0.05, 0.1) is 28.6 Å². The van der Waals surface area contributed by atoms with Crippen LogP contribution in [0.1, 0.15) is 23.7 Å². The molecule has 0 saturated heterocycles. The van der Waals surface area contributed by atoms with E-state index in [4.69, 9.17) is 10.00 Å². The van der Waals surface area contributed by atoms with Crippen LogP contribution in [0.3, 0.4) is 0 Å². The average molecular weight is 457 g/mol. The molecule has 3 aromatic rings. The Bertz CT molecular complexity index is 1210. The number of esters is 1.